The highest BCUT2D eigenvalue weighted by Gasteiger charge is 2.30. The molecule has 0 aromatic heterocycles. The van der Waals surface area contributed by atoms with E-state index < -0.39 is 5.97 Å². The van der Waals surface area contributed by atoms with Gasteiger partial charge >= 0.3 is 5.97 Å². The number of morpholine rings is 1. The molecule has 96 valence electrons. The van der Waals surface area contributed by atoms with Crippen LogP contribution >= 0.6 is 0 Å². The molecule has 1 N–H and O–H groups in total. The fourth-order valence-corrected chi connectivity index (χ4v) is 2.23. The van der Waals surface area contributed by atoms with Gasteiger partial charge in [-0.1, -0.05) is 12.8 Å². The Bertz CT molecular complexity index is 301. The normalized spacial score (nSPS) is 24.7. The summed E-state index contributed by atoms with van der Waals surface area (Å²) in [5.41, 5.74) is 0. The number of hydrogen-bond donors (Lipinski definition) is 1. The highest BCUT2D eigenvalue weighted by Crippen LogP contribution is 2.33. The number of ether oxygens (including phenoxy) is 1. The lowest BCUT2D eigenvalue weighted by molar-refractivity contribution is -0.146. The highest BCUT2D eigenvalue weighted by molar-refractivity contribution is 5.77. The first-order chi connectivity index (χ1) is 8.16. The van der Waals surface area contributed by atoms with Crippen molar-refractivity contribution in [3.8, 4) is 0 Å². The first kappa shape index (κ1) is 12.4. The maximum absolute atomic E-state index is 12.0. The Kier molecular flexibility index (Phi) is 3.99. The smallest absolute Gasteiger partial charge is 0.305 e. The second kappa shape index (κ2) is 5.49. The van der Waals surface area contributed by atoms with Gasteiger partial charge in [0.15, 0.2) is 0 Å². The summed E-state index contributed by atoms with van der Waals surface area (Å²) in [7, 11) is 0. The molecule has 0 radical (unpaired) electrons. The largest absolute Gasteiger partial charge is 0.481 e. The van der Waals surface area contributed by atoms with E-state index in [1.807, 2.05) is 0 Å². The predicted molar refractivity (Wildman–Crippen MR) is 60.5 cm³/mol. The summed E-state index contributed by atoms with van der Waals surface area (Å²) in [6, 6.07) is -0.284. The maximum Gasteiger partial charge on any atom is 0.305 e. The number of carbonyl (C=O) groups is 2. The van der Waals surface area contributed by atoms with Crippen molar-refractivity contribution in [1.82, 2.24) is 4.90 Å². The van der Waals surface area contributed by atoms with E-state index in [1.165, 1.54) is 12.8 Å². The van der Waals surface area contributed by atoms with Gasteiger partial charge in [0.25, 0.3) is 0 Å². The first-order valence-electron chi connectivity index (χ1n) is 6.26. The van der Waals surface area contributed by atoms with Crippen LogP contribution in [0.2, 0.25) is 0 Å². The van der Waals surface area contributed by atoms with Crippen molar-refractivity contribution in [2.75, 3.05) is 19.8 Å². The Balaban J connectivity index is 1.84. The first-order valence-corrected chi connectivity index (χ1v) is 6.26. The average molecular weight is 241 g/mol. The van der Waals surface area contributed by atoms with Crippen molar-refractivity contribution in [3.05, 3.63) is 0 Å². The van der Waals surface area contributed by atoms with Gasteiger partial charge in [0.05, 0.1) is 25.7 Å². The van der Waals surface area contributed by atoms with E-state index in [2.05, 4.69) is 0 Å². The summed E-state index contributed by atoms with van der Waals surface area (Å²) >= 11 is 0. The van der Waals surface area contributed by atoms with Crippen LogP contribution in [0.15, 0.2) is 0 Å². The van der Waals surface area contributed by atoms with Gasteiger partial charge in [-0.05, 0) is 12.3 Å². The summed E-state index contributed by atoms with van der Waals surface area (Å²) < 4.78 is 5.24. The van der Waals surface area contributed by atoms with Gasteiger partial charge < -0.3 is 14.7 Å². The third-order valence-corrected chi connectivity index (χ3v) is 3.42. The number of carboxylic acids is 1. The minimum atomic E-state index is -0.875. The fraction of sp³-hybridized carbons (Fsp3) is 0.833. The molecule has 0 aromatic carbocycles. The molecule has 2 aliphatic rings. The van der Waals surface area contributed by atoms with Crippen molar-refractivity contribution in [1.29, 1.82) is 0 Å². The summed E-state index contributed by atoms with van der Waals surface area (Å²) in [6.07, 6.45) is 3.98. The third kappa shape index (κ3) is 3.70. The molecule has 2 fully saturated rings. The van der Waals surface area contributed by atoms with Gasteiger partial charge in [-0.25, -0.2) is 0 Å². The van der Waals surface area contributed by atoms with Gasteiger partial charge in [0, 0.05) is 13.0 Å². The predicted octanol–water partition coefficient (Wildman–Crippen LogP) is 0.879. The van der Waals surface area contributed by atoms with Crippen molar-refractivity contribution in [2.45, 2.75) is 38.1 Å². The van der Waals surface area contributed by atoms with Crippen molar-refractivity contribution >= 4 is 11.9 Å². The van der Waals surface area contributed by atoms with Gasteiger partial charge in [0.2, 0.25) is 5.91 Å². The highest BCUT2D eigenvalue weighted by atomic mass is 16.5. The molecule has 5 nitrogen and oxygen atoms in total. The van der Waals surface area contributed by atoms with Crippen LogP contribution in [0.4, 0.5) is 0 Å². The van der Waals surface area contributed by atoms with Crippen LogP contribution in [0, 0.1) is 5.92 Å². The van der Waals surface area contributed by atoms with E-state index in [4.69, 9.17) is 9.84 Å². The zero-order valence-electron chi connectivity index (χ0n) is 9.93. The summed E-state index contributed by atoms with van der Waals surface area (Å²) in [5, 5.41) is 8.80. The van der Waals surface area contributed by atoms with Crippen LogP contribution < -0.4 is 0 Å². The molecule has 1 unspecified atom stereocenters. The second-order valence-electron chi connectivity index (χ2n) is 4.90. The number of carboxylic acid groups (broad SMARTS) is 1. The minimum Gasteiger partial charge on any atom is -0.481 e. The van der Waals surface area contributed by atoms with E-state index in [-0.39, 0.29) is 18.4 Å². The standard InChI is InChI=1S/C12H19NO4/c14-11(4-3-9-1-2-9)13-5-6-17-8-10(13)7-12(15)16/h9-10H,1-8H2,(H,15,16). The van der Waals surface area contributed by atoms with E-state index in [1.54, 1.807) is 4.90 Å². The molecular formula is C12H19NO4. The fourth-order valence-electron chi connectivity index (χ4n) is 2.23. The molecule has 0 spiro atoms. The van der Waals surface area contributed by atoms with Gasteiger partial charge in [-0.15, -0.1) is 0 Å². The van der Waals surface area contributed by atoms with Crippen LogP contribution in [-0.4, -0.2) is 47.7 Å². The van der Waals surface area contributed by atoms with Crippen LogP contribution in [-0.2, 0) is 14.3 Å². The second-order valence-corrected chi connectivity index (χ2v) is 4.90. The number of aliphatic carboxylic acids is 1. The SMILES string of the molecule is O=C(O)CC1COCCN1C(=O)CCC1CC1. The zero-order valence-corrected chi connectivity index (χ0v) is 9.93. The van der Waals surface area contributed by atoms with Gasteiger partial charge in [0.1, 0.15) is 0 Å². The maximum atomic E-state index is 12.0. The van der Waals surface area contributed by atoms with Crippen LogP contribution in [0.5, 0.6) is 0 Å². The Morgan fingerprint density at radius 2 is 2.12 bits per heavy atom. The molecule has 1 saturated carbocycles. The van der Waals surface area contributed by atoms with Gasteiger partial charge in [-0.3, -0.25) is 9.59 Å². The quantitative estimate of drug-likeness (QED) is 0.776. The molecule has 1 aliphatic heterocycles. The van der Waals surface area contributed by atoms with Crippen LogP contribution in [0.25, 0.3) is 0 Å². The number of hydrogen-bond acceptors (Lipinski definition) is 3. The lowest BCUT2D eigenvalue weighted by Gasteiger charge is -2.35. The molecule has 0 bridgehead atoms. The average Bonchev–Trinajstić information content (AvgIpc) is 3.09. The van der Waals surface area contributed by atoms with Crippen LogP contribution in [0.1, 0.15) is 32.1 Å². The Morgan fingerprint density at radius 1 is 1.35 bits per heavy atom. The van der Waals surface area contributed by atoms with E-state index >= 15 is 0 Å². The molecule has 17 heavy (non-hydrogen) atoms. The molecule has 0 aromatic rings. The van der Waals surface area contributed by atoms with Crippen molar-refractivity contribution in [2.24, 2.45) is 5.92 Å². The van der Waals surface area contributed by atoms with Crippen LogP contribution in [0.3, 0.4) is 0 Å². The number of nitrogens with zero attached hydrogens (tertiary/aromatic N) is 1. The molecule has 1 atom stereocenters. The number of rotatable bonds is 5. The molecule has 2 rings (SSSR count). The lowest BCUT2D eigenvalue weighted by atomic mass is 10.1. The molecular weight excluding hydrogens is 222 g/mol. The Labute approximate surface area is 101 Å². The summed E-state index contributed by atoms with van der Waals surface area (Å²) in [5.74, 6) is -0.0511. The number of amides is 1. The summed E-state index contributed by atoms with van der Waals surface area (Å²) in [6.45, 7) is 1.40. The zero-order chi connectivity index (χ0) is 12.3. The van der Waals surface area contributed by atoms with Gasteiger partial charge in [-0.2, -0.15) is 0 Å². The third-order valence-electron chi connectivity index (χ3n) is 3.42. The molecule has 1 saturated heterocycles. The Morgan fingerprint density at radius 3 is 2.76 bits per heavy atom. The Hall–Kier alpha value is -1.10. The van der Waals surface area contributed by atoms with Crippen molar-refractivity contribution < 1.29 is 19.4 Å². The molecule has 1 heterocycles. The lowest BCUT2D eigenvalue weighted by Crippen LogP contribution is -2.49. The topological polar surface area (TPSA) is 66.8 Å². The van der Waals surface area contributed by atoms with E-state index in [9.17, 15) is 9.59 Å². The molecule has 1 aliphatic carbocycles. The molecule has 5 heteroatoms. The van der Waals surface area contributed by atoms with E-state index in [0.717, 1.165) is 12.3 Å². The number of carbonyl (C=O) groups excluding carboxylic acids is 1. The van der Waals surface area contributed by atoms with Crippen molar-refractivity contribution in [3.63, 3.8) is 0 Å². The molecule has 1 amide bonds. The monoisotopic (exact) mass is 241 g/mol. The van der Waals surface area contributed by atoms with E-state index in [0.29, 0.717) is 26.2 Å². The summed E-state index contributed by atoms with van der Waals surface area (Å²) in [4.78, 5) is 24.4. The minimum absolute atomic E-state index is 0.0187.